The van der Waals surface area contributed by atoms with Gasteiger partial charge >= 0.3 is 0 Å². The molecule has 6 heteroatoms. The molecule has 0 aliphatic carbocycles. The van der Waals surface area contributed by atoms with Crippen molar-refractivity contribution in [3.63, 3.8) is 0 Å². The SMILES string of the molecule is C[C@H](NC(=O)[C@H]1CSCN1C(=O)CC(C)(C)C)c1ccncc1. The highest BCUT2D eigenvalue weighted by Crippen LogP contribution is 2.27. The number of aromatic nitrogens is 1. The van der Waals surface area contributed by atoms with Crippen LogP contribution in [0.25, 0.3) is 0 Å². The third kappa shape index (κ3) is 4.96. The number of hydrogen-bond acceptors (Lipinski definition) is 4. The highest BCUT2D eigenvalue weighted by molar-refractivity contribution is 7.99. The average molecular weight is 335 g/mol. The number of nitrogens with one attached hydrogen (secondary N) is 1. The van der Waals surface area contributed by atoms with Crippen LogP contribution < -0.4 is 5.32 Å². The molecule has 0 radical (unpaired) electrons. The quantitative estimate of drug-likeness (QED) is 0.919. The van der Waals surface area contributed by atoms with E-state index in [0.29, 0.717) is 18.1 Å². The fourth-order valence-corrected chi connectivity index (χ4v) is 3.69. The Morgan fingerprint density at radius 2 is 2.04 bits per heavy atom. The molecule has 1 N–H and O–H groups in total. The number of hydrogen-bond donors (Lipinski definition) is 1. The third-order valence-corrected chi connectivity index (χ3v) is 4.76. The van der Waals surface area contributed by atoms with Crippen molar-refractivity contribution in [3.05, 3.63) is 30.1 Å². The molecule has 5 nitrogen and oxygen atoms in total. The summed E-state index contributed by atoms with van der Waals surface area (Å²) in [4.78, 5) is 30.7. The standard InChI is InChI=1S/C17H25N3O2S/c1-12(13-5-7-18-8-6-13)19-16(22)14-10-23-11-20(14)15(21)9-17(2,3)4/h5-8,12,14H,9-11H2,1-4H3,(H,19,22)/t12-,14+/m0/s1. The smallest absolute Gasteiger partial charge is 0.244 e. The van der Waals surface area contributed by atoms with Crippen LogP contribution in [0.15, 0.2) is 24.5 Å². The summed E-state index contributed by atoms with van der Waals surface area (Å²) < 4.78 is 0. The van der Waals surface area contributed by atoms with Gasteiger partial charge in [0.2, 0.25) is 11.8 Å². The lowest BCUT2D eigenvalue weighted by Gasteiger charge is -2.27. The van der Waals surface area contributed by atoms with E-state index in [1.807, 2.05) is 39.8 Å². The Morgan fingerprint density at radius 1 is 1.39 bits per heavy atom. The third-order valence-electron chi connectivity index (χ3n) is 3.75. The molecule has 0 spiro atoms. The maximum atomic E-state index is 12.6. The summed E-state index contributed by atoms with van der Waals surface area (Å²) in [6, 6.07) is 3.29. The molecule has 1 aliphatic heterocycles. The predicted octanol–water partition coefficient (Wildman–Crippen LogP) is 2.60. The van der Waals surface area contributed by atoms with Crippen molar-refractivity contribution in [1.82, 2.24) is 15.2 Å². The van der Waals surface area contributed by atoms with Crippen molar-refractivity contribution in [2.75, 3.05) is 11.6 Å². The van der Waals surface area contributed by atoms with Gasteiger partial charge in [0.05, 0.1) is 11.9 Å². The number of carbonyl (C=O) groups is 2. The van der Waals surface area contributed by atoms with Gasteiger partial charge in [0.15, 0.2) is 0 Å². The molecule has 23 heavy (non-hydrogen) atoms. The topological polar surface area (TPSA) is 62.3 Å². The van der Waals surface area contributed by atoms with Gasteiger partial charge in [-0.25, -0.2) is 0 Å². The number of nitrogens with zero attached hydrogens (tertiary/aromatic N) is 2. The first kappa shape index (κ1) is 17.8. The maximum absolute atomic E-state index is 12.6. The van der Waals surface area contributed by atoms with Crippen molar-refractivity contribution >= 4 is 23.6 Å². The average Bonchev–Trinajstić information content (AvgIpc) is 2.96. The number of rotatable bonds is 4. The maximum Gasteiger partial charge on any atom is 0.244 e. The molecule has 0 saturated carbocycles. The Bertz CT molecular complexity index is 557. The molecule has 2 atom stereocenters. The van der Waals surface area contributed by atoms with E-state index in [0.717, 1.165) is 5.56 Å². The summed E-state index contributed by atoms with van der Waals surface area (Å²) in [5.74, 6) is 1.22. The summed E-state index contributed by atoms with van der Waals surface area (Å²) in [5, 5.41) is 3.01. The van der Waals surface area contributed by atoms with Crippen LogP contribution in [0.1, 0.15) is 45.7 Å². The lowest BCUT2D eigenvalue weighted by atomic mass is 9.91. The van der Waals surface area contributed by atoms with Crippen molar-refractivity contribution in [3.8, 4) is 0 Å². The largest absolute Gasteiger partial charge is 0.348 e. The van der Waals surface area contributed by atoms with E-state index in [-0.39, 0.29) is 29.3 Å². The number of amides is 2. The Labute approximate surface area is 142 Å². The second kappa shape index (κ2) is 7.34. The molecule has 1 aliphatic rings. The van der Waals surface area contributed by atoms with Crippen LogP contribution in [0.5, 0.6) is 0 Å². The molecule has 0 bridgehead atoms. The number of thioether (sulfide) groups is 1. The molecule has 126 valence electrons. The molecule has 1 fully saturated rings. The number of pyridine rings is 1. The Balaban J connectivity index is 1.99. The van der Waals surface area contributed by atoms with Crippen LogP contribution in [0.3, 0.4) is 0 Å². The van der Waals surface area contributed by atoms with Gasteiger partial charge < -0.3 is 10.2 Å². The first-order valence-corrected chi connectivity index (χ1v) is 9.01. The zero-order valence-corrected chi connectivity index (χ0v) is 15.0. The Morgan fingerprint density at radius 3 is 2.65 bits per heavy atom. The lowest BCUT2D eigenvalue weighted by molar-refractivity contribution is -0.139. The fourth-order valence-electron chi connectivity index (χ4n) is 2.51. The molecule has 2 heterocycles. The molecular weight excluding hydrogens is 310 g/mol. The van der Waals surface area contributed by atoms with Crippen LogP contribution in [0, 0.1) is 5.41 Å². The molecular formula is C17H25N3O2S. The summed E-state index contributed by atoms with van der Waals surface area (Å²) >= 11 is 1.63. The molecule has 1 aromatic rings. The summed E-state index contributed by atoms with van der Waals surface area (Å²) in [5.41, 5.74) is 0.932. The van der Waals surface area contributed by atoms with Gasteiger partial charge in [0.1, 0.15) is 6.04 Å². The zero-order chi connectivity index (χ0) is 17.0. The van der Waals surface area contributed by atoms with Gasteiger partial charge in [-0.05, 0) is 30.0 Å². The minimum atomic E-state index is -0.376. The molecule has 2 rings (SSSR count). The van der Waals surface area contributed by atoms with E-state index < -0.39 is 0 Å². The van der Waals surface area contributed by atoms with Crippen molar-refractivity contribution in [1.29, 1.82) is 0 Å². The minimum absolute atomic E-state index is 0.0548. The first-order valence-electron chi connectivity index (χ1n) is 7.85. The Kier molecular flexibility index (Phi) is 5.68. The first-order chi connectivity index (χ1) is 10.8. The van der Waals surface area contributed by atoms with Crippen molar-refractivity contribution < 1.29 is 9.59 Å². The molecule has 0 unspecified atom stereocenters. The molecule has 1 aromatic heterocycles. The van der Waals surface area contributed by atoms with E-state index in [1.54, 1.807) is 29.1 Å². The second-order valence-electron chi connectivity index (χ2n) is 7.13. The predicted molar refractivity (Wildman–Crippen MR) is 92.8 cm³/mol. The van der Waals surface area contributed by atoms with Gasteiger partial charge in [-0.1, -0.05) is 20.8 Å². The van der Waals surface area contributed by atoms with Crippen LogP contribution >= 0.6 is 11.8 Å². The van der Waals surface area contributed by atoms with Crippen LogP contribution in [0.4, 0.5) is 0 Å². The van der Waals surface area contributed by atoms with Gasteiger partial charge in [-0.2, -0.15) is 0 Å². The van der Waals surface area contributed by atoms with Crippen molar-refractivity contribution in [2.45, 2.75) is 46.2 Å². The second-order valence-corrected chi connectivity index (χ2v) is 8.13. The number of carbonyl (C=O) groups excluding carboxylic acids is 2. The highest BCUT2D eigenvalue weighted by atomic mass is 32.2. The van der Waals surface area contributed by atoms with Gasteiger partial charge in [0, 0.05) is 24.6 Å². The summed E-state index contributed by atoms with van der Waals surface area (Å²) in [7, 11) is 0. The van der Waals surface area contributed by atoms with Gasteiger partial charge in [-0.15, -0.1) is 11.8 Å². The summed E-state index contributed by atoms with van der Waals surface area (Å²) in [6.45, 7) is 8.05. The minimum Gasteiger partial charge on any atom is -0.348 e. The van der Waals surface area contributed by atoms with E-state index in [2.05, 4.69) is 10.3 Å². The molecule has 1 saturated heterocycles. The van der Waals surface area contributed by atoms with Gasteiger partial charge in [-0.3, -0.25) is 14.6 Å². The fraction of sp³-hybridized carbons (Fsp3) is 0.588. The van der Waals surface area contributed by atoms with E-state index in [4.69, 9.17) is 0 Å². The van der Waals surface area contributed by atoms with Crippen LogP contribution in [-0.4, -0.2) is 39.4 Å². The van der Waals surface area contributed by atoms with Crippen molar-refractivity contribution in [2.24, 2.45) is 5.41 Å². The van der Waals surface area contributed by atoms with E-state index in [1.165, 1.54) is 0 Å². The van der Waals surface area contributed by atoms with Crippen LogP contribution in [-0.2, 0) is 9.59 Å². The Hall–Kier alpha value is -1.56. The van der Waals surface area contributed by atoms with E-state index in [9.17, 15) is 9.59 Å². The zero-order valence-electron chi connectivity index (χ0n) is 14.2. The molecule has 0 aromatic carbocycles. The lowest BCUT2D eigenvalue weighted by Crippen LogP contribution is -2.48. The monoisotopic (exact) mass is 335 g/mol. The van der Waals surface area contributed by atoms with Crippen LogP contribution in [0.2, 0.25) is 0 Å². The highest BCUT2D eigenvalue weighted by Gasteiger charge is 2.36. The normalized spacial score (nSPS) is 19.5. The van der Waals surface area contributed by atoms with E-state index >= 15 is 0 Å². The molecule has 2 amide bonds. The van der Waals surface area contributed by atoms with Gasteiger partial charge in [0.25, 0.3) is 0 Å². The summed E-state index contributed by atoms with van der Waals surface area (Å²) in [6.07, 6.45) is 3.88.